The number of fused-ring (bicyclic) bond motifs is 1. The molecule has 3 rings (SSSR count). The van der Waals surface area contributed by atoms with Crippen molar-refractivity contribution in [3.05, 3.63) is 41.2 Å². The lowest BCUT2D eigenvalue weighted by Crippen LogP contribution is -2.48. The van der Waals surface area contributed by atoms with Crippen LogP contribution >= 0.6 is 0 Å². The summed E-state index contributed by atoms with van der Waals surface area (Å²) in [6.45, 7) is 1.99. The van der Waals surface area contributed by atoms with Crippen molar-refractivity contribution in [3.8, 4) is 0 Å². The van der Waals surface area contributed by atoms with Crippen molar-refractivity contribution >= 4 is 29.0 Å². The third kappa shape index (κ3) is 7.18. The van der Waals surface area contributed by atoms with Gasteiger partial charge in [-0.2, -0.15) is 0 Å². The third-order valence-corrected chi connectivity index (χ3v) is 4.83. The summed E-state index contributed by atoms with van der Waals surface area (Å²) >= 11 is 0. The summed E-state index contributed by atoms with van der Waals surface area (Å²) in [5.74, 6) is -2.22. The average molecular weight is 490 g/mol. The summed E-state index contributed by atoms with van der Waals surface area (Å²) in [6.07, 6.45) is 5.81. The van der Waals surface area contributed by atoms with Crippen molar-refractivity contribution in [1.82, 2.24) is 34.4 Å². The Hall–Kier alpha value is -4.11. The molecule has 0 bridgehead atoms. The summed E-state index contributed by atoms with van der Waals surface area (Å²) in [5.41, 5.74) is 6.14. The van der Waals surface area contributed by atoms with Crippen LogP contribution < -0.4 is 16.6 Å². The Kier molecular flexibility index (Phi) is 8.63. The molecule has 35 heavy (non-hydrogen) atoms. The number of rotatable bonds is 13. The molecular formula is C20H26N8O7. The minimum atomic E-state index is -1.20. The minimum absolute atomic E-state index is 0.0291. The van der Waals surface area contributed by atoms with E-state index in [4.69, 9.17) is 15.2 Å². The van der Waals surface area contributed by atoms with Crippen LogP contribution in [0.25, 0.3) is 11.2 Å². The second-order valence-electron chi connectivity index (χ2n) is 7.62. The second-order valence-corrected chi connectivity index (χ2v) is 7.62. The fraction of sp³-hybridized carbons (Fsp3) is 0.450. The number of hydrogen-bond acceptors (Lipinski definition) is 10. The number of nitrogens with two attached hydrogens (primary N) is 1. The lowest BCUT2D eigenvalue weighted by molar-refractivity contribution is -0.146. The molecule has 15 heteroatoms. The Morgan fingerprint density at radius 2 is 2.03 bits per heavy atom. The lowest BCUT2D eigenvalue weighted by Gasteiger charge is -2.14. The molecule has 0 spiro atoms. The van der Waals surface area contributed by atoms with Gasteiger partial charge in [0.1, 0.15) is 19.4 Å². The zero-order valence-corrected chi connectivity index (χ0v) is 18.9. The number of carbonyl (C=O) groups is 3. The summed E-state index contributed by atoms with van der Waals surface area (Å²) < 4.78 is 13.7. The van der Waals surface area contributed by atoms with E-state index in [1.165, 1.54) is 25.9 Å². The predicted molar refractivity (Wildman–Crippen MR) is 119 cm³/mol. The first kappa shape index (κ1) is 25.5. The number of carboxylic acid groups (broad SMARTS) is 1. The Balaban J connectivity index is 1.36. The Morgan fingerprint density at radius 1 is 1.23 bits per heavy atom. The fourth-order valence-corrected chi connectivity index (χ4v) is 3.00. The summed E-state index contributed by atoms with van der Waals surface area (Å²) in [7, 11) is 0. The zero-order valence-electron chi connectivity index (χ0n) is 18.9. The van der Waals surface area contributed by atoms with Crippen LogP contribution in [-0.4, -0.2) is 77.3 Å². The molecule has 0 aliphatic heterocycles. The second kappa shape index (κ2) is 11.8. The van der Waals surface area contributed by atoms with E-state index in [9.17, 15) is 24.3 Å². The van der Waals surface area contributed by atoms with Crippen molar-refractivity contribution in [2.45, 2.75) is 45.1 Å². The van der Waals surface area contributed by atoms with Crippen molar-refractivity contribution < 1.29 is 29.0 Å². The highest BCUT2D eigenvalue weighted by atomic mass is 16.6. The molecule has 0 aliphatic rings. The largest absolute Gasteiger partial charge is 0.480 e. The zero-order chi connectivity index (χ0) is 25.4. The minimum Gasteiger partial charge on any atom is -0.480 e. The van der Waals surface area contributed by atoms with Gasteiger partial charge in [0.25, 0.3) is 5.56 Å². The van der Waals surface area contributed by atoms with Crippen LogP contribution in [0.3, 0.4) is 0 Å². The molecule has 3 aromatic heterocycles. The number of amides is 1. The molecule has 188 valence electrons. The molecule has 3 heterocycles. The topological polar surface area (TPSA) is 209 Å². The molecule has 0 saturated carbocycles. The van der Waals surface area contributed by atoms with Crippen LogP contribution in [-0.2, 0) is 43.6 Å². The molecule has 5 N–H and O–H groups in total. The monoisotopic (exact) mass is 490 g/mol. The van der Waals surface area contributed by atoms with Crippen LogP contribution in [0, 0.1) is 0 Å². The van der Waals surface area contributed by atoms with Gasteiger partial charge < -0.3 is 35.2 Å². The first-order valence-corrected chi connectivity index (χ1v) is 10.7. The number of carboxylic acids is 1. The number of aryl methyl sites for hydroxylation is 1. The molecule has 1 amide bonds. The van der Waals surface area contributed by atoms with Crippen molar-refractivity contribution in [1.29, 1.82) is 0 Å². The van der Waals surface area contributed by atoms with Gasteiger partial charge in [-0.15, -0.1) is 0 Å². The quantitative estimate of drug-likeness (QED) is 0.158. The van der Waals surface area contributed by atoms with Gasteiger partial charge in [0.15, 0.2) is 11.2 Å². The van der Waals surface area contributed by atoms with E-state index in [-0.39, 0.29) is 50.4 Å². The molecule has 2 unspecified atom stereocenters. The maximum Gasteiger partial charge on any atom is 0.326 e. The highest BCUT2D eigenvalue weighted by molar-refractivity contribution is 5.86. The van der Waals surface area contributed by atoms with Gasteiger partial charge in [-0.05, 0) is 6.92 Å². The number of imidazole rings is 2. The highest BCUT2D eigenvalue weighted by Crippen LogP contribution is 2.05. The van der Waals surface area contributed by atoms with Crippen molar-refractivity contribution in [2.24, 2.45) is 5.73 Å². The number of nitrogens with one attached hydrogen (secondary N) is 2. The first-order chi connectivity index (χ1) is 16.7. The van der Waals surface area contributed by atoms with Crippen LogP contribution in [0.4, 0.5) is 0 Å². The molecule has 0 saturated heterocycles. The number of nitrogens with zero attached hydrogens (tertiary/aromatic N) is 5. The number of aromatic amines is 1. The van der Waals surface area contributed by atoms with Crippen LogP contribution in [0.1, 0.15) is 19.0 Å². The van der Waals surface area contributed by atoms with E-state index < -0.39 is 29.9 Å². The van der Waals surface area contributed by atoms with E-state index >= 15 is 0 Å². The van der Waals surface area contributed by atoms with Crippen LogP contribution in [0.15, 0.2) is 30.0 Å². The fourth-order valence-electron chi connectivity index (χ4n) is 3.00. The normalized spacial score (nSPS) is 12.9. The average Bonchev–Trinajstić information content (AvgIpc) is 3.44. The molecule has 0 aliphatic carbocycles. The van der Waals surface area contributed by atoms with Crippen LogP contribution in [0.5, 0.6) is 0 Å². The Bertz CT molecular complexity index is 1230. The first-order valence-electron chi connectivity index (χ1n) is 10.7. The molecule has 0 radical (unpaired) electrons. The maximum absolute atomic E-state index is 12.0. The number of hydrogen-bond donors (Lipinski definition) is 4. The molecule has 15 nitrogen and oxygen atoms in total. The number of aromatic nitrogens is 6. The SMILES string of the molecule is CC(N)C(=O)NC(Cc1cn(CCC(=O)OCCOCn2cnc3c(=O)[nH]cnc32)cn1)C(=O)O. The predicted octanol–water partition coefficient (Wildman–Crippen LogP) is -1.62. The van der Waals surface area contributed by atoms with Gasteiger partial charge in [0, 0.05) is 19.2 Å². The van der Waals surface area contributed by atoms with E-state index in [0.717, 1.165) is 0 Å². The molecule has 3 aromatic rings. The molecule has 0 aromatic carbocycles. The van der Waals surface area contributed by atoms with Gasteiger partial charge in [-0.3, -0.25) is 19.0 Å². The van der Waals surface area contributed by atoms with Gasteiger partial charge in [0.2, 0.25) is 5.91 Å². The van der Waals surface area contributed by atoms with Crippen molar-refractivity contribution in [3.63, 3.8) is 0 Å². The number of esters is 1. The van der Waals surface area contributed by atoms with E-state index in [0.29, 0.717) is 11.3 Å². The summed E-state index contributed by atoms with van der Waals surface area (Å²) in [5, 5.41) is 11.7. The van der Waals surface area contributed by atoms with Gasteiger partial charge in [0.05, 0.1) is 43.7 Å². The molecular weight excluding hydrogens is 464 g/mol. The Labute approximate surface area is 198 Å². The van der Waals surface area contributed by atoms with Crippen LogP contribution in [0.2, 0.25) is 0 Å². The maximum atomic E-state index is 12.0. The van der Waals surface area contributed by atoms with E-state index in [2.05, 4.69) is 25.3 Å². The highest BCUT2D eigenvalue weighted by Gasteiger charge is 2.23. The smallest absolute Gasteiger partial charge is 0.326 e. The summed E-state index contributed by atoms with van der Waals surface area (Å²) in [6, 6.07) is -2.00. The van der Waals surface area contributed by atoms with Gasteiger partial charge in [-0.1, -0.05) is 0 Å². The number of ether oxygens (including phenoxy) is 2. The Morgan fingerprint density at radius 3 is 2.77 bits per heavy atom. The molecule has 0 fully saturated rings. The lowest BCUT2D eigenvalue weighted by atomic mass is 10.1. The van der Waals surface area contributed by atoms with Gasteiger partial charge in [-0.25, -0.2) is 19.7 Å². The van der Waals surface area contributed by atoms with E-state index in [1.807, 2.05) is 0 Å². The van der Waals surface area contributed by atoms with Crippen molar-refractivity contribution in [2.75, 3.05) is 13.2 Å². The van der Waals surface area contributed by atoms with Gasteiger partial charge >= 0.3 is 11.9 Å². The third-order valence-electron chi connectivity index (χ3n) is 4.83. The summed E-state index contributed by atoms with van der Waals surface area (Å²) in [4.78, 5) is 61.2. The number of aliphatic carboxylic acids is 1. The number of carbonyl (C=O) groups excluding carboxylic acids is 2. The molecule has 2 atom stereocenters. The number of H-pyrrole nitrogens is 1. The standard InChI is InChI=1S/C20H26N8O7/c1-12(21)18(30)26-14(20(32)33)6-13-7-27(9-24-13)3-2-15(29)35-5-4-34-11-28-10-25-16-17(28)22-8-23-19(16)31/h7-10,12,14H,2-6,11,21H2,1H3,(H,26,30)(H,32,33)(H,22,23,31). The van der Waals surface area contributed by atoms with E-state index in [1.54, 1.807) is 15.3 Å².